The molecule has 9 heteroatoms. The number of esters is 1. The van der Waals surface area contributed by atoms with E-state index in [-0.39, 0.29) is 25.7 Å². The van der Waals surface area contributed by atoms with Gasteiger partial charge in [0, 0.05) is 31.1 Å². The zero-order chi connectivity index (χ0) is 20.6. The number of amides is 1. The molecule has 0 N–H and O–H groups in total. The lowest BCUT2D eigenvalue weighted by Gasteiger charge is -2.29. The van der Waals surface area contributed by atoms with Crippen LogP contribution < -0.4 is 9.64 Å². The van der Waals surface area contributed by atoms with Gasteiger partial charge in [0.1, 0.15) is 18.9 Å². The molecular weight excluding hydrogens is 396 g/mol. The summed E-state index contributed by atoms with van der Waals surface area (Å²) in [6, 6.07) is 5.50. The van der Waals surface area contributed by atoms with Crippen LogP contribution in [-0.4, -0.2) is 63.5 Å². The first-order valence-electron chi connectivity index (χ1n) is 9.36. The highest BCUT2D eigenvalue weighted by molar-refractivity contribution is 7.09. The fourth-order valence-corrected chi connectivity index (χ4v) is 3.60. The van der Waals surface area contributed by atoms with Gasteiger partial charge in [-0.3, -0.25) is 14.5 Å². The molecule has 1 aromatic carbocycles. The van der Waals surface area contributed by atoms with Gasteiger partial charge in [0.25, 0.3) is 5.91 Å². The molecule has 0 fully saturated rings. The summed E-state index contributed by atoms with van der Waals surface area (Å²) in [5.41, 5.74) is 2.18. The quantitative estimate of drug-likeness (QED) is 0.431. The summed E-state index contributed by atoms with van der Waals surface area (Å²) in [7, 11) is 1.66. The molecule has 1 aromatic heterocycles. The third kappa shape index (κ3) is 5.53. The number of thiazole rings is 1. The minimum Gasteiger partial charge on any atom is -0.482 e. The average molecular weight is 420 g/mol. The number of anilines is 1. The van der Waals surface area contributed by atoms with Crippen LogP contribution in [-0.2, 0) is 30.2 Å². The van der Waals surface area contributed by atoms with E-state index in [9.17, 15) is 9.59 Å². The van der Waals surface area contributed by atoms with Gasteiger partial charge in [0.2, 0.25) is 0 Å². The molecule has 156 valence electrons. The normalized spacial score (nSPS) is 13.2. The van der Waals surface area contributed by atoms with E-state index in [2.05, 4.69) is 4.98 Å². The fourth-order valence-electron chi connectivity index (χ4n) is 2.82. The van der Waals surface area contributed by atoms with Gasteiger partial charge in [-0.2, -0.15) is 0 Å². The van der Waals surface area contributed by atoms with E-state index in [0.29, 0.717) is 31.3 Å². The van der Waals surface area contributed by atoms with Gasteiger partial charge >= 0.3 is 5.97 Å². The smallest absolute Gasteiger partial charge is 0.326 e. The van der Waals surface area contributed by atoms with Gasteiger partial charge in [0.05, 0.1) is 29.6 Å². The number of nitrogens with zero attached hydrogens (tertiary/aromatic N) is 2. The van der Waals surface area contributed by atoms with Gasteiger partial charge in [-0.1, -0.05) is 0 Å². The van der Waals surface area contributed by atoms with Crippen LogP contribution in [0.4, 0.5) is 5.69 Å². The van der Waals surface area contributed by atoms with Crippen LogP contribution in [0.3, 0.4) is 0 Å². The largest absolute Gasteiger partial charge is 0.482 e. The number of methoxy groups -OCH3 is 1. The molecule has 2 aromatic rings. The zero-order valence-electron chi connectivity index (χ0n) is 16.5. The Morgan fingerprint density at radius 3 is 2.97 bits per heavy atom. The van der Waals surface area contributed by atoms with Crippen molar-refractivity contribution in [3.8, 4) is 17.0 Å². The van der Waals surface area contributed by atoms with Crippen LogP contribution in [0.25, 0.3) is 11.3 Å². The molecule has 3 rings (SSSR count). The van der Waals surface area contributed by atoms with Crippen molar-refractivity contribution in [3.63, 3.8) is 0 Å². The second-order valence-electron chi connectivity index (χ2n) is 6.24. The Balaban J connectivity index is 1.75. The molecule has 0 saturated heterocycles. The number of aromatic nitrogens is 1. The first-order chi connectivity index (χ1) is 14.1. The van der Waals surface area contributed by atoms with Crippen molar-refractivity contribution < 1.29 is 28.5 Å². The highest BCUT2D eigenvalue weighted by atomic mass is 32.1. The Kier molecular flexibility index (Phi) is 7.56. The van der Waals surface area contributed by atoms with Crippen molar-refractivity contribution >= 4 is 28.9 Å². The lowest BCUT2D eigenvalue weighted by molar-refractivity contribution is -0.144. The Morgan fingerprint density at radius 2 is 2.17 bits per heavy atom. The molecule has 8 nitrogen and oxygen atoms in total. The SMILES string of the molecule is CCOCCOC(=O)CN1C(=O)COc2ccc(-c3csc(CCOC)n3)cc21. The van der Waals surface area contributed by atoms with Crippen LogP contribution in [0.5, 0.6) is 5.75 Å². The number of rotatable bonds is 10. The summed E-state index contributed by atoms with van der Waals surface area (Å²) >= 11 is 1.56. The summed E-state index contributed by atoms with van der Waals surface area (Å²) in [4.78, 5) is 30.5. The molecule has 0 bridgehead atoms. The van der Waals surface area contributed by atoms with E-state index in [1.165, 1.54) is 4.90 Å². The lowest BCUT2D eigenvalue weighted by Crippen LogP contribution is -2.42. The first-order valence-corrected chi connectivity index (χ1v) is 10.2. The van der Waals surface area contributed by atoms with Crippen LogP contribution in [0.15, 0.2) is 23.6 Å². The Hall–Kier alpha value is -2.49. The molecule has 0 radical (unpaired) electrons. The number of hydrogen-bond acceptors (Lipinski definition) is 8. The maximum Gasteiger partial charge on any atom is 0.326 e. The number of ether oxygens (including phenoxy) is 4. The first kappa shape index (κ1) is 21.2. The van der Waals surface area contributed by atoms with E-state index in [1.54, 1.807) is 24.5 Å². The number of fused-ring (bicyclic) bond motifs is 1. The molecule has 0 atom stereocenters. The molecule has 0 saturated carbocycles. The molecule has 29 heavy (non-hydrogen) atoms. The molecule has 0 spiro atoms. The minimum absolute atomic E-state index is 0.115. The van der Waals surface area contributed by atoms with Crippen molar-refractivity contribution in [2.45, 2.75) is 13.3 Å². The molecule has 1 aliphatic rings. The third-order valence-corrected chi connectivity index (χ3v) is 5.16. The van der Waals surface area contributed by atoms with Crippen molar-refractivity contribution in [3.05, 3.63) is 28.6 Å². The number of carbonyl (C=O) groups is 2. The van der Waals surface area contributed by atoms with Gasteiger partial charge in [0.15, 0.2) is 6.61 Å². The maximum absolute atomic E-state index is 12.4. The number of carbonyl (C=O) groups excluding carboxylic acids is 2. The predicted octanol–water partition coefficient (Wildman–Crippen LogP) is 2.30. The lowest BCUT2D eigenvalue weighted by atomic mass is 10.1. The molecule has 0 unspecified atom stereocenters. The van der Waals surface area contributed by atoms with Gasteiger partial charge in [-0.05, 0) is 25.1 Å². The molecule has 2 heterocycles. The van der Waals surface area contributed by atoms with E-state index >= 15 is 0 Å². The standard InChI is InChI=1S/C20H24N2O6S/c1-3-26-8-9-27-20(24)11-22-16-10-14(4-5-17(16)28-12-19(22)23)15-13-29-18(21-15)6-7-25-2/h4-5,10,13H,3,6-9,11-12H2,1-2H3. The van der Waals surface area contributed by atoms with Crippen molar-refractivity contribution in [1.82, 2.24) is 4.98 Å². The Bertz CT molecular complexity index is 853. The second-order valence-corrected chi connectivity index (χ2v) is 7.18. The van der Waals surface area contributed by atoms with E-state index in [0.717, 1.165) is 22.7 Å². The number of benzene rings is 1. The second kappa shape index (κ2) is 10.3. The Morgan fingerprint density at radius 1 is 1.31 bits per heavy atom. The van der Waals surface area contributed by atoms with E-state index in [4.69, 9.17) is 18.9 Å². The minimum atomic E-state index is -0.494. The summed E-state index contributed by atoms with van der Waals surface area (Å²) < 4.78 is 20.9. The highest BCUT2D eigenvalue weighted by Gasteiger charge is 2.28. The molecule has 1 aliphatic heterocycles. The van der Waals surface area contributed by atoms with E-state index < -0.39 is 5.97 Å². The fraction of sp³-hybridized carbons (Fsp3) is 0.450. The third-order valence-electron chi connectivity index (χ3n) is 4.25. The summed E-state index contributed by atoms with van der Waals surface area (Å²) in [5, 5.41) is 2.94. The Labute approximate surface area is 173 Å². The van der Waals surface area contributed by atoms with Crippen LogP contribution in [0.1, 0.15) is 11.9 Å². The summed E-state index contributed by atoms with van der Waals surface area (Å²) in [6.07, 6.45) is 0.743. The van der Waals surface area contributed by atoms with Crippen molar-refractivity contribution in [2.24, 2.45) is 0 Å². The van der Waals surface area contributed by atoms with Crippen molar-refractivity contribution in [1.29, 1.82) is 0 Å². The molecule has 1 amide bonds. The van der Waals surface area contributed by atoms with E-state index in [1.807, 2.05) is 24.4 Å². The number of hydrogen-bond donors (Lipinski definition) is 0. The van der Waals surface area contributed by atoms with Gasteiger partial charge in [-0.25, -0.2) is 4.98 Å². The van der Waals surface area contributed by atoms with Crippen LogP contribution in [0.2, 0.25) is 0 Å². The average Bonchev–Trinajstić information content (AvgIpc) is 3.20. The monoisotopic (exact) mass is 420 g/mol. The molecule has 0 aliphatic carbocycles. The topological polar surface area (TPSA) is 87.2 Å². The van der Waals surface area contributed by atoms with Crippen LogP contribution >= 0.6 is 11.3 Å². The summed E-state index contributed by atoms with van der Waals surface area (Å²) in [5.74, 6) is -0.243. The highest BCUT2D eigenvalue weighted by Crippen LogP contribution is 2.36. The maximum atomic E-state index is 12.4. The van der Waals surface area contributed by atoms with Gasteiger partial charge in [-0.15, -0.1) is 11.3 Å². The van der Waals surface area contributed by atoms with Crippen LogP contribution in [0, 0.1) is 0 Å². The van der Waals surface area contributed by atoms with Crippen molar-refractivity contribution in [2.75, 3.05) is 51.6 Å². The van der Waals surface area contributed by atoms with Gasteiger partial charge < -0.3 is 18.9 Å². The summed E-state index contributed by atoms with van der Waals surface area (Å²) in [6.45, 7) is 3.22. The zero-order valence-corrected chi connectivity index (χ0v) is 17.3. The predicted molar refractivity (Wildman–Crippen MR) is 108 cm³/mol. The molecular formula is C20H24N2O6S.